The average molecular weight is 291 g/mol. The highest BCUT2D eigenvalue weighted by atomic mass is 32.1. The van der Waals surface area contributed by atoms with Crippen LogP contribution in [0, 0.1) is 6.92 Å². The fourth-order valence-corrected chi connectivity index (χ4v) is 2.83. The lowest BCUT2D eigenvalue weighted by atomic mass is 10.1. The maximum atomic E-state index is 11.7. The lowest BCUT2D eigenvalue weighted by molar-refractivity contribution is 0.0519. The largest absolute Gasteiger partial charge is 0.497 e. The fourth-order valence-electron chi connectivity index (χ4n) is 1.87. The van der Waals surface area contributed by atoms with E-state index >= 15 is 0 Å². The Balaban J connectivity index is 2.17. The van der Waals surface area contributed by atoms with Crippen molar-refractivity contribution in [3.05, 3.63) is 45.4 Å². The van der Waals surface area contributed by atoms with E-state index < -0.39 is 0 Å². The van der Waals surface area contributed by atoms with Gasteiger partial charge >= 0.3 is 5.97 Å². The summed E-state index contributed by atoms with van der Waals surface area (Å²) in [6, 6.07) is 7.84. The van der Waals surface area contributed by atoms with Crippen LogP contribution in [0.2, 0.25) is 0 Å². The molecular formula is C15H17NO3S. The molecule has 0 atom stereocenters. The van der Waals surface area contributed by atoms with Crippen LogP contribution in [0.1, 0.15) is 32.9 Å². The van der Waals surface area contributed by atoms with Crippen LogP contribution in [-0.2, 0) is 11.2 Å². The molecule has 1 aromatic heterocycles. The van der Waals surface area contributed by atoms with Crippen molar-refractivity contribution in [3.8, 4) is 5.75 Å². The molecule has 0 saturated carbocycles. The monoisotopic (exact) mass is 291 g/mol. The van der Waals surface area contributed by atoms with Crippen molar-refractivity contribution in [1.29, 1.82) is 0 Å². The molecule has 0 aliphatic rings. The van der Waals surface area contributed by atoms with Gasteiger partial charge in [-0.25, -0.2) is 9.78 Å². The minimum Gasteiger partial charge on any atom is -0.497 e. The Morgan fingerprint density at radius 2 is 2.20 bits per heavy atom. The van der Waals surface area contributed by atoms with Crippen molar-refractivity contribution in [3.63, 3.8) is 0 Å². The molecular weight excluding hydrogens is 274 g/mol. The second kappa shape index (κ2) is 6.52. The molecule has 2 rings (SSSR count). The van der Waals surface area contributed by atoms with Crippen LogP contribution in [0.25, 0.3) is 0 Å². The van der Waals surface area contributed by atoms with Gasteiger partial charge in [0.2, 0.25) is 0 Å². The lowest BCUT2D eigenvalue weighted by Crippen LogP contribution is -2.06. The number of thiazole rings is 1. The van der Waals surface area contributed by atoms with Gasteiger partial charge in [-0.3, -0.25) is 0 Å². The van der Waals surface area contributed by atoms with Crippen LogP contribution in [0.4, 0.5) is 0 Å². The summed E-state index contributed by atoms with van der Waals surface area (Å²) in [5.41, 5.74) is 1.53. The highest BCUT2D eigenvalue weighted by Crippen LogP contribution is 2.22. The van der Waals surface area contributed by atoms with E-state index in [2.05, 4.69) is 4.98 Å². The Morgan fingerprint density at radius 1 is 1.40 bits per heavy atom. The molecule has 20 heavy (non-hydrogen) atoms. The van der Waals surface area contributed by atoms with E-state index in [0.29, 0.717) is 18.7 Å². The van der Waals surface area contributed by atoms with E-state index in [9.17, 15) is 4.79 Å². The van der Waals surface area contributed by atoms with Crippen molar-refractivity contribution in [2.24, 2.45) is 0 Å². The van der Waals surface area contributed by atoms with E-state index in [-0.39, 0.29) is 5.97 Å². The Hall–Kier alpha value is -1.88. The summed E-state index contributed by atoms with van der Waals surface area (Å²) in [4.78, 5) is 17.0. The zero-order valence-electron chi connectivity index (χ0n) is 11.8. The first kappa shape index (κ1) is 14.5. The average Bonchev–Trinajstić information content (AvgIpc) is 2.80. The van der Waals surface area contributed by atoms with Gasteiger partial charge < -0.3 is 9.47 Å². The van der Waals surface area contributed by atoms with Crippen molar-refractivity contribution >= 4 is 17.3 Å². The minimum atomic E-state index is -0.349. The number of rotatable bonds is 5. The number of aromatic nitrogens is 1. The molecule has 0 amide bonds. The van der Waals surface area contributed by atoms with Crippen LogP contribution in [0.15, 0.2) is 24.3 Å². The lowest BCUT2D eigenvalue weighted by Gasteiger charge is -2.02. The highest BCUT2D eigenvalue weighted by molar-refractivity contribution is 7.11. The van der Waals surface area contributed by atoms with Crippen molar-refractivity contribution in [2.75, 3.05) is 13.7 Å². The molecule has 0 spiro atoms. The number of aryl methyl sites for hydroxylation is 1. The van der Waals surface area contributed by atoms with Crippen LogP contribution in [-0.4, -0.2) is 24.7 Å². The van der Waals surface area contributed by atoms with Crippen LogP contribution in [0.3, 0.4) is 0 Å². The summed E-state index contributed by atoms with van der Waals surface area (Å²) >= 11 is 1.52. The van der Waals surface area contributed by atoms with Gasteiger partial charge in [0.25, 0.3) is 0 Å². The van der Waals surface area contributed by atoms with Crippen molar-refractivity contribution in [2.45, 2.75) is 20.3 Å². The fraction of sp³-hybridized carbons (Fsp3) is 0.333. The van der Waals surface area contributed by atoms with Crippen molar-refractivity contribution < 1.29 is 14.3 Å². The molecule has 1 aromatic carbocycles. The maximum absolute atomic E-state index is 11.7. The summed E-state index contributed by atoms with van der Waals surface area (Å²) in [6.07, 6.45) is 0.683. The van der Waals surface area contributed by atoms with Crippen LogP contribution in [0.5, 0.6) is 5.75 Å². The number of hydrogen-bond donors (Lipinski definition) is 0. The van der Waals surface area contributed by atoms with E-state index in [1.165, 1.54) is 11.3 Å². The molecule has 2 aromatic rings. The van der Waals surface area contributed by atoms with E-state index in [4.69, 9.17) is 9.47 Å². The van der Waals surface area contributed by atoms with Crippen molar-refractivity contribution in [1.82, 2.24) is 4.98 Å². The molecule has 0 saturated heterocycles. The van der Waals surface area contributed by atoms with Gasteiger partial charge in [-0.05, 0) is 31.5 Å². The Kier molecular flexibility index (Phi) is 4.74. The standard InChI is InChI=1S/C15H17NO3S/c1-4-19-15(17)14-10(2)20-13(16-14)9-11-6-5-7-12(8-11)18-3/h5-8H,4,9H2,1-3H3. The normalized spacial score (nSPS) is 10.3. The van der Waals surface area contributed by atoms with E-state index in [1.807, 2.05) is 31.2 Å². The maximum Gasteiger partial charge on any atom is 0.358 e. The Bertz CT molecular complexity index is 607. The molecule has 0 N–H and O–H groups in total. The topological polar surface area (TPSA) is 48.4 Å². The first-order valence-electron chi connectivity index (χ1n) is 6.40. The first-order chi connectivity index (χ1) is 9.63. The first-order valence-corrected chi connectivity index (χ1v) is 7.22. The second-order valence-corrected chi connectivity index (χ2v) is 5.55. The summed E-state index contributed by atoms with van der Waals surface area (Å²) in [7, 11) is 1.64. The molecule has 0 aliphatic heterocycles. The number of esters is 1. The molecule has 106 valence electrons. The molecule has 5 heteroatoms. The number of carbonyl (C=O) groups excluding carboxylic acids is 1. The zero-order valence-corrected chi connectivity index (χ0v) is 12.6. The van der Waals surface area contributed by atoms with E-state index in [0.717, 1.165) is 21.2 Å². The van der Waals surface area contributed by atoms with E-state index in [1.54, 1.807) is 14.0 Å². The molecule has 0 unspecified atom stereocenters. The second-order valence-electron chi connectivity index (χ2n) is 4.26. The predicted octanol–water partition coefficient (Wildman–Crippen LogP) is 3.23. The van der Waals surface area contributed by atoms with Gasteiger partial charge in [0, 0.05) is 11.3 Å². The number of ether oxygens (including phenoxy) is 2. The summed E-state index contributed by atoms with van der Waals surface area (Å²) in [5, 5.41) is 0.902. The van der Waals surface area contributed by atoms with Gasteiger partial charge in [-0.1, -0.05) is 12.1 Å². The molecule has 0 aliphatic carbocycles. The highest BCUT2D eigenvalue weighted by Gasteiger charge is 2.16. The van der Waals surface area contributed by atoms with Gasteiger partial charge in [0.1, 0.15) is 5.75 Å². The summed E-state index contributed by atoms with van der Waals surface area (Å²) < 4.78 is 10.2. The number of hydrogen-bond acceptors (Lipinski definition) is 5. The molecule has 0 bridgehead atoms. The SMILES string of the molecule is CCOC(=O)c1nc(Cc2cccc(OC)c2)sc1C. The number of nitrogens with zero attached hydrogens (tertiary/aromatic N) is 1. The van der Waals surface area contributed by atoms with Gasteiger partial charge in [-0.2, -0.15) is 0 Å². The van der Waals surface area contributed by atoms with Crippen LogP contribution < -0.4 is 4.74 Å². The minimum absolute atomic E-state index is 0.349. The Morgan fingerprint density at radius 3 is 2.90 bits per heavy atom. The van der Waals surface area contributed by atoms with Gasteiger partial charge in [0.05, 0.1) is 18.7 Å². The van der Waals surface area contributed by atoms with Gasteiger partial charge in [0.15, 0.2) is 5.69 Å². The number of carbonyl (C=O) groups is 1. The third kappa shape index (κ3) is 3.36. The van der Waals surface area contributed by atoms with Gasteiger partial charge in [-0.15, -0.1) is 11.3 Å². The zero-order chi connectivity index (χ0) is 14.5. The summed E-state index contributed by atoms with van der Waals surface area (Å²) in [6.45, 7) is 4.04. The summed E-state index contributed by atoms with van der Waals surface area (Å²) in [5.74, 6) is 0.472. The quantitative estimate of drug-likeness (QED) is 0.794. The molecule has 0 fully saturated rings. The molecule has 0 radical (unpaired) electrons. The molecule has 1 heterocycles. The smallest absolute Gasteiger partial charge is 0.358 e. The predicted molar refractivity (Wildman–Crippen MR) is 78.6 cm³/mol. The third-order valence-corrected chi connectivity index (χ3v) is 3.77. The third-order valence-electron chi connectivity index (χ3n) is 2.80. The van der Waals surface area contributed by atoms with Crippen LogP contribution >= 0.6 is 11.3 Å². The molecule has 4 nitrogen and oxygen atoms in total. The Labute approximate surface area is 122 Å². The number of benzene rings is 1. The number of methoxy groups -OCH3 is 1.